The number of amides is 2. The predicted molar refractivity (Wildman–Crippen MR) is 95.5 cm³/mol. The number of rotatable bonds is 6. The number of carbonyl (C=O) groups excluding carboxylic acids is 2. The number of nitrogens with zero attached hydrogens (tertiary/aromatic N) is 1. The molecule has 2 amide bonds. The topological polar surface area (TPSA) is 92.8 Å². The fourth-order valence-electron chi connectivity index (χ4n) is 2.76. The Balaban J connectivity index is 1.58. The maximum Gasteiger partial charge on any atom is 0.269 e. The molecule has 2 aromatic rings. The molecule has 3 rings (SSSR count). The highest BCUT2D eigenvalue weighted by Crippen LogP contribution is 2.30. The van der Waals surface area contributed by atoms with Crippen molar-refractivity contribution in [2.75, 3.05) is 19.0 Å². The molecule has 0 saturated heterocycles. The van der Waals surface area contributed by atoms with Gasteiger partial charge in [0.1, 0.15) is 10.6 Å². The number of anilines is 1. The van der Waals surface area contributed by atoms with Crippen LogP contribution in [-0.4, -0.2) is 38.2 Å². The number of hydrogen-bond donors (Lipinski definition) is 1. The van der Waals surface area contributed by atoms with Crippen molar-refractivity contribution in [3.63, 3.8) is 0 Å². The molecule has 1 aliphatic rings. The number of fused-ring (bicyclic) bond motifs is 1. The van der Waals surface area contributed by atoms with Crippen molar-refractivity contribution in [1.29, 1.82) is 0 Å². The summed E-state index contributed by atoms with van der Waals surface area (Å²) < 4.78 is 30.8. The third-order valence-electron chi connectivity index (χ3n) is 4.03. The Labute approximate surface area is 151 Å². The van der Waals surface area contributed by atoms with Gasteiger partial charge >= 0.3 is 0 Å². The Kier molecular flexibility index (Phi) is 4.94. The second-order valence-corrected chi connectivity index (χ2v) is 7.59. The molecule has 26 heavy (non-hydrogen) atoms. The molecule has 136 valence electrons. The van der Waals surface area contributed by atoms with Gasteiger partial charge in [-0.3, -0.25) is 9.59 Å². The van der Waals surface area contributed by atoms with Gasteiger partial charge in [0.05, 0.1) is 12.7 Å². The molecule has 7 nitrogen and oxygen atoms in total. The van der Waals surface area contributed by atoms with Gasteiger partial charge < -0.3 is 10.1 Å². The minimum absolute atomic E-state index is 0.0193. The first-order valence-electron chi connectivity index (χ1n) is 8.03. The van der Waals surface area contributed by atoms with Crippen molar-refractivity contribution in [1.82, 2.24) is 4.31 Å². The van der Waals surface area contributed by atoms with Gasteiger partial charge in [0, 0.05) is 24.7 Å². The van der Waals surface area contributed by atoms with Crippen LogP contribution in [0.25, 0.3) is 0 Å². The molecular formula is C18H18N2O5S. The highest BCUT2D eigenvalue weighted by Gasteiger charge is 2.40. The lowest BCUT2D eigenvalue weighted by Crippen LogP contribution is -2.31. The second kappa shape index (κ2) is 7.17. The van der Waals surface area contributed by atoms with E-state index in [1.54, 1.807) is 36.4 Å². The monoisotopic (exact) mass is 374 g/mol. The van der Waals surface area contributed by atoms with E-state index in [0.29, 0.717) is 11.4 Å². The van der Waals surface area contributed by atoms with E-state index < -0.39 is 15.9 Å². The first-order chi connectivity index (χ1) is 12.4. The first-order valence-corrected chi connectivity index (χ1v) is 9.47. The van der Waals surface area contributed by atoms with Crippen LogP contribution in [0.3, 0.4) is 0 Å². The number of nitrogens with one attached hydrogen (secondary N) is 1. The SMILES string of the molecule is COc1cccc(NC(=O)CCCN2C(=O)c3ccccc3S2(=O)=O)c1. The van der Waals surface area contributed by atoms with Crippen LogP contribution in [0.1, 0.15) is 23.2 Å². The maximum atomic E-state index is 12.4. The van der Waals surface area contributed by atoms with Gasteiger partial charge in [-0.05, 0) is 30.7 Å². The van der Waals surface area contributed by atoms with E-state index in [2.05, 4.69) is 5.32 Å². The molecule has 0 bridgehead atoms. The minimum Gasteiger partial charge on any atom is -0.497 e. The molecule has 1 heterocycles. The van der Waals surface area contributed by atoms with Gasteiger partial charge in [-0.2, -0.15) is 0 Å². The first kappa shape index (κ1) is 17.9. The van der Waals surface area contributed by atoms with Crippen LogP contribution >= 0.6 is 0 Å². The van der Waals surface area contributed by atoms with Crippen molar-refractivity contribution < 1.29 is 22.7 Å². The molecule has 0 saturated carbocycles. The molecule has 0 aromatic heterocycles. The van der Waals surface area contributed by atoms with Crippen molar-refractivity contribution in [2.24, 2.45) is 0 Å². The van der Waals surface area contributed by atoms with E-state index in [9.17, 15) is 18.0 Å². The third kappa shape index (κ3) is 3.41. The van der Waals surface area contributed by atoms with Gasteiger partial charge in [-0.25, -0.2) is 12.7 Å². The molecule has 0 fully saturated rings. The predicted octanol–water partition coefficient (Wildman–Crippen LogP) is 2.26. The van der Waals surface area contributed by atoms with Gasteiger partial charge in [-0.15, -0.1) is 0 Å². The number of ether oxygens (including phenoxy) is 1. The largest absolute Gasteiger partial charge is 0.497 e. The van der Waals surface area contributed by atoms with E-state index in [1.165, 1.54) is 19.2 Å². The molecule has 1 aliphatic heterocycles. The smallest absolute Gasteiger partial charge is 0.269 e. The summed E-state index contributed by atoms with van der Waals surface area (Å²) in [7, 11) is -2.29. The van der Waals surface area contributed by atoms with Crippen LogP contribution < -0.4 is 10.1 Å². The summed E-state index contributed by atoms with van der Waals surface area (Å²) in [5.74, 6) is -0.192. The Hall–Kier alpha value is -2.87. The zero-order valence-electron chi connectivity index (χ0n) is 14.1. The summed E-state index contributed by atoms with van der Waals surface area (Å²) in [4.78, 5) is 24.3. The van der Waals surface area contributed by atoms with Crippen molar-refractivity contribution in [2.45, 2.75) is 17.7 Å². The Bertz CT molecular complexity index is 956. The highest BCUT2D eigenvalue weighted by molar-refractivity contribution is 7.90. The second-order valence-electron chi connectivity index (χ2n) is 5.76. The molecule has 0 aliphatic carbocycles. The molecule has 1 N–H and O–H groups in total. The zero-order valence-corrected chi connectivity index (χ0v) is 15.0. The zero-order chi connectivity index (χ0) is 18.7. The van der Waals surface area contributed by atoms with Crippen LogP contribution in [0, 0.1) is 0 Å². The molecule has 8 heteroatoms. The lowest BCUT2D eigenvalue weighted by Gasteiger charge is -2.14. The van der Waals surface area contributed by atoms with Crippen LogP contribution in [-0.2, 0) is 14.8 Å². The normalized spacial score (nSPS) is 14.8. The number of benzene rings is 2. The van der Waals surface area contributed by atoms with Gasteiger partial charge in [0.2, 0.25) is 5.91 Å². The molecule has 2 aromatic carbocycles. The van der Waals surface area contributed by atoms with E-state index in [1.807, 2.05) is 0 Å². The Morgan fingerprint density at radius 1 is 1.15 bits per heavy atom. The van der Waals surface area contributed by atoms with Crippen molar-refractivity contribution in [3.8, 4) is 5.75 Å². The highest BCUT2D eigenvalue weighted by atomic mass is 32.2. The quantitative estimate of drug-likeness (QED) is 0.837. The van der Waals surface area contributed by atoms with E-state index in [4.69, 9.17) is 4.74 Å². The molecule has 0 unspecified atom stereocenters. The van der Waals surface area contributed by atoms with Gasteiger partial charge in [0.15, 0.2) is 0 Å². The van der Waals surface area contributed by atoms with Crippen molar-refractivity contribution in [3.05, 3.63) is 54.1 Å². The van der Waals surface area contributed by atoms with Crippen LogP contribution in [0.15, 0.2) is 53.4 Å². The summed E-state index contributed by atoms with van der Waals surface area (Å²) >= 11 is 0. The summed E-state index contributed by atoms with van der Waals surface area (Å²) in [6, 6.07) is 13.0. The fourth-order valence-corrected chi connectivity index (χ4v) is 4.37. The lowest BCUT2D eigenvalue weighted by atomic mass is 10.2. The standard InChI is InChI=1S/C18H18N2O5S/c1-25-14-7-4-6-13(12-14)19-17(21)10-5-11-20-18(22)15-8-2-3-9-16(15)26(20,23)24/h2-4,6-9,12H,5,10-11H2,1H3,(H,19,21). The molecular weight excluding hydrogens is 356 g/mol. The number of sulfonamides is 1. The summed E-state index contributed by atoms with van der Waals surface area (Å²) in [6.07, 6.45) is 0.321. The Morgan fingerprint density at radius 2 is 1.92 bits per heavy atom. The van der Waals surface area contributed by atoms with E-state index in [-0.39, 0.29) is 35.8 Å². The number of methoxy groups -OCH3 is 1. The van der Waals surface area contributed by atoms with Crippen LogP contribution in [0.4, 0.5) is 5.69 Å². The maximum absolute atomic E-state index is 12.4. The number of carbonyl (C=O) groups is 2. The van der Waals surface area contributed by atoms with Crippen LogP contribution in [0.2, 0.25) is 0 Å². The molecule has 0 atom stereocenters. The van der Waals surface area contributed by atoms with Gasteiger partial charge in [0.25, 0.3) is 15.9 Å². The van der Waals surface area contributed by atoms with E-state index in [0.717, 1.165) is 4.31 Å². The third-order valence-corrected chi connectivity index (χ3v) is 5.87. The molecule has 0 radical (unpaired) electrons. The number of hydrogen-bond acceptors (Lipinski definition) is 5. The van der Waals surface area contributed by atoms with E-state index >= 15 is 0 Å². The summed E-state index contributed by atoms with van der Waals surface area (Å²) in [6.45, 7) is -0.0403. The average Bonchev–Trinajstić information content (AvgIpc) is 2.83. The Morgan fingerprint density at radius 3 is 2.65 bits per heavy atom. The minimum atomic E-state index is -3.83. The van der Waals surface area contributed by atoms with Gasteiger partial charge in [-0.1, -0.05) is 18.2 Å². The summed E-state index contributed by atoms with van der Waals surface area (Å²) in [5, 5.41) is 2.72. The van der Waals surface area contributed by atoms with Crippen LogP contribution in [0.5, 0.6) is 5.75 Å². The summed E-state index contributed by atoms with van der Waals surface area (Å²) in [5.41, 5.74) is 0.764. The lowest BCUT2D eigenvalue weighted by molar-refractivity contribution is -0.116. The fraction of sp³-hybridized carbons (Fsp3) is 0.222. The molecule has 0 spiro atoms. The van der Waals surface area contributed by atoms with Crippen molar-refractivity contribution >= 4 is 27.5 Å². The average molecular weight is 374 g/mol.